The van der Waals surface area contributed by atoms with E-state index in [1.165, 1.54) is 25.9 Å². The molecular weight excluding hydrogens is 240 g/mol. The number of hydrogen-bond acceptors (Lipinski definition) is 3. The summed E-state index contributed by atoms with van der Waals surface area (Å²) in [4.78, 5) is 28.5. The monoisotopic (exact) mass is 264 g/mol. The second kappa shape index (κ2) is 5.23. The summed E-state index contributed by atoms with van der Waals surface area (Å²) in [6.45, 7) is 4.04. The molecular formula is C15H24N2O2. The molecule has 2 aliphatic heterocycles. The van der Waals surface area contributed by atoms with Gasteiger partial charge in [-0.1, -0.05) is 12.8 Å². The minimum Gasteiger partial charge on any atom is -0.303 e. The Labute approximate surface area is 115 Å². The molecule has 4 heteroatoms. The van der Waals surface area contributed by atoms with Crippen LogP contribution in [0.4, 0.5) is 0 Å². The Bertz CT molecular complexity index is 368. The van der Waals surface area contributed by atoms with Gasteiger partial charge < -0.3 is 4.90 Å². The largest absolute Gasteiger partial charge is 0.303 e. The minimum absolute atomic E-state index is 0.0771. The van der Waals surface area contributed by atoms with Crippen molar-refractivity contribution in [3.8, 4) is 0 Å². The van der Waals surface area contributed by atoms with Crippen molar-refractivity contribution in [3.05, 3.63) is 0 Å². The maximum atomic E-state index is 12.5. The number of likely N-dealkylation sites (tertiary alicyclic amines) is 2. The molecule has 0 atom stereocenters. The van der Waals surface area contributed by atoms with Gasteiger partial charge in [-0.05, 0) is 51.7 Å². The lowest BCUT2D eigenvalue weighted by Crippen LogP contribution is -2.36. The van der Waals surface area contributed by atoms with Gasteiger partial charge in [-0.3, -0.25) is 14.5 Å². The van der Waals surface area contributed by atoms with Crippen LogP contribution in [0.5, 0.6) is 0 Å². The van der Waals surface area contributed by atoms with Gasteiger partial charge in [0.1, 0.15) is 0 Å². The van der Waals surface area contributed by atoms with Crippen LogP contribution in [0.25, 0.3) is 0 Å². The molecule has 3 aliphatic rings. The van der Waals surface area contributed by atoms with Crippen LogP contribution in [0.1, 0.15) is 51.4 Å². The van der Waals surface area contributed by atoms with Crippen molar-refractivity contribution in [2.24, 2.45) is 5.41 Å². The van der Waals surface area contributed by atoms with Gasteiger partial charge in [0, 0.05) is 13.0 Å². The fourth-order valence-corrected chi connectivity index (χ4v) is 3.99. The highest BCUT2D eigenvalue weighted by Gasteiger charge is 2.52. The van der Waals surface area contributed by atoms with E-state index in [0.29, 0.717) is 13.0 Å². The van der Waals surface area contributed by atoms with Crippen LogP contribution in [-0.2, 0) is 9.59 Å². The molecule has 0 bridgehead atoms. The van der Waals surface area contributed by atoms with E-state index in [1.807, 2.05) is 0 Å². The second-order valence-corrected chi connectivity index (χ2v) is 6.42. The van der Waals surface area contributed by atoms with Crippen LogP contribution in [0.2, 0.25) is 0 Å². The van der Waals surface area contributed by atoms with Gasteiger partial charge in [-0.15, -0.1) is 0 Å². The third-order valence-corrected chi connectivity index (χ3v) is 5.10. The number of amides is 2. The second-order valence-electron chi connectivity index (χ2n) is 6.42. The Hall–Kier alpha value is -0.900. The third kappa shape index (κ3) is 2.42. The van der Waals surface area contributed by atoms with Gasteiger partial charge >= 0.3 is 0 Å². The number of rotatable bonds is 4. The van der Waals surface area contributed by atoms with Crippen molar-refractivity contribution < 1.29 is 9.59 Å². The van der Waals surface area contributed by atoms with Crippen LogP contribution < -0.4 is 0 Å². The molecule has 2 heterocycles. The molecule has 1 aliphatic carbocycles. The Morgan fingerprint density at radius 1 is 0.947 bits per heavy atom. The molecule has 1 saturated carbocycles. The standard InChI is InChI=1S/C15H24N2O2/c18-13-12-15(6-1-2-7-15)14(19)17(13)11-5-10-16-8-3-4-9-16/h1-12H2. The van der Waals surface area contributed by atoms with Crippen molar-refractivity contribution in [2.75, 3.05) is 26.2 Å². The summed E-state index contributed by atoms with van der Waals surface area (Å²) in [6, 6.07) is 0. The SMILES string of the molecule is O=C1CC2(CCCC2)C(=O)N1CCCN1CCCC1. The first-order chi connectivity index (χ1) is 9.21. The van der Waals surface area contributed by atoms with E-state index in [2.05, 4.69) is 4.90 Å². The van der Waals surface area contributed by atoms with Crippen LogP contribution in [0, 0.1) is 5.41 Å². The molecule has 106 valence electrons. The van der Waals surface area contributed by atoms with Crippen molar-refractivity contribution in [1.29, 1.82) is 0 Å². The maximum absolute atomic E-state index is 12.5. The molecule has 0 radical (unpaired) electrons. The van der Waals surface area contributed by atoms with E-state index in [0.717, 1.165) is 38.6 Å². The van der Waals surface area contributed by atoms with Crippen molar-refractivity contribution in [2.45, 2.75) is 51.4 Å². The third-order valence-electron chi connectivity index (χ3n) is 5.10. The van der Waals surface area contributed by atoms with Gasteiger partial charge in [0.25, 0.3) is 0 Å². The first kappa shape index (κ1) is 13.1. The quantitative estimate of drug-likeness (QED) is 0.727. The summed E-state index contributed by atoms with van der Waals surface area (Å²) in [5.41, 5.74) is -0.287. The maximum Gasteiger partial charge on any atom is 0.235 e. The van der Waals surface area contributed by atoms with E-state index >= 15 is 0 Å². The summed E-state index contributed by atoms with van der Waals surface area (Å²) in [7, 11) is 0. The fourth-order valence-electron chi connectivity index (χ4n) is 3.99. The predicted octanol–water partition coefficient (Wildman–Crippen LogP) is 1.79. The number of carbonyl (C=O) groups is 2. The Morgan fingerprint density at radius 3 is 2.32 bits per heavy atom. The summed E-state index contributed by atoms with van der Waals surface area (Å²) in [5, 5.41) is 0. The molecule has 4 nitrogen and oxygen atoms in total. The van der Waals surface area contributed by atoms with E-state index in [1.54, 1.807) is 4.90 Å². The molecule has 0 N–H and O–H groups in total. The zero-order valence-corrected chi connectivity index (χ0v) is 11.7. The molecule has 0 unspecified atom stereocenters. The van der Waals surface area contributed by atoms with E-state index in [9.17, 15) is 9.59 Å². The van der Waals surface area contributed by atoms with E-state index in [4.69, 9.17) is 0 Å². The van der Waals surface area contributed by atoms with Gasteiger partial charge in [0.05, 0.1) is 5.41 Å². The normalized spacial score (nSPS) is 27.1. The van der Waals surface area contributed by atoms with Gasteiger partial charge in [0.2, 0.25) is 11.8 Å². The minimum atomic E-state index is -0.287. The zero-order chi connectivity index (χ0) is 13.3. The average molecular weight is 264 g/mol. The first-order valence-corrected chi connectivity index (χ1v) is 7.78. The molecule has 0 aromatic carbocycles. The molecule has 2 amide bonds. The Balaban J connectivity index is 1.52. The Morgan fingerprint density at radius 2 is 1.63 bits per heavy atom. The smallest absolute Gasteiger partial charge is 0.235 e. The van der Waals surface area contributed by atoms with Crippen molar-refractivity contribution in [1.82, 2.24) is 9.80 Å². The molecule has 0 aromatic heterocycles. The summed E-state index contributed by atoms with van der Waals surface area (Å²) in [5.74, 6) is 0.213. The number of nitrogens with zero attached hydrogens (tertiary/aromatic N) is 2. The van der Waals surface area contributed by atoms with Gasteiger partial charge in [0.15, 0.2) is 0 Å². The number of hydrogen-bond donors (Lipinski definition) is 0. The van der Waals surface area contributed by atoms with Crippen LogP contribution in [-0.4, -0.2) is 47.8 Å². The summed E-state index contributed by atoms with van der Waals surface area (Å²) >= 11 is 0. The molecule has 1 spiro atoms. The zero-order valence-electron chi connectivity index (χ0n) is 11.7. The molecule has 2 saturated heterocycles. The van der Waals surface area contributed by atoms with E-state index in [-0.39, 0.29) is 17.2 Å². The lowest BCUT2D eigenvalue weighted by molar-refractivity contribution is -0.141. The average Bonchev–Trinajstić information content (AvgIpc) is 3.08. The van der Waals surface area contributed by atoms with Gasteiger partial charge in [-0.2, -0.15) is 0 Å². The lowest BCUT2D eigenvalue weighted by atomic mass is 9.84. The summed E-state index contributed by atoms with van der Waals surface area (Å²) < 4.78 is 0. The molecule has 0 aromatic rings. The van der Waals surface area contributed by atoms with Crippen LogP contribution in [0.15, 0.2) is 0 Å². The highest BCUT2D eigenvalue weighted by atomic mass is 16.2. The molecule has 3 rings (SSSR count). The highest BCUT2D eigenvalue weighted by Crippen LogP contribution is 2.46. The van der Waals surface area contributed by atoms with Gasteiger partial charge in [-0.25, -0.2) is 0 Å². The Kier molecular flexibility index (Phi) is 3.61. The number of carbonyl (C=O) groups excluding carboxylic acids is 2. The van der Waals surface area contributed by atoms with Crippen LogP contribution in [0.3, 0.4) is 0 Å². The van der Waals surface area contributed by atoms with Crippen molar-refractivity contribution >= 4 is 11.8 Å². The highest BCUT2D eigenvalue weighted by molar-refractivity contribution is 6.06. The van der Waals surface area contributed by atoms with Crippen molar-refractivity contribution in [3.63, 3.8) is 0 Å². The summed E-state index contributed by atoms with van der Waals surface area (Å²) in [6.07, 6.45) is 8.10. The topological polar surface area (TPSA) is 40.6 Å². The fraction of sp³-hybridized carbons (Fsp3) is 0.867. The lowest BCUT2D eigenvalue weighted by Gasteiger charge is -2.22. The predicted molar refractivity (Wildman–Crippen MR) is 72.5 cm³/mol. The molecule has 3 fully saturated rings. The number of imide groups is 1. The van der Waals surface area contributed by atoms with Crippen LogP contribution >= 0.6 is 0 Å². The first-order valence-electron chi connectivity index (χ1n) is 7.78. The van der Waals surface area contributed by atoms with E-state index < -0.39 is 0 Å². The molecule has 19 heavy (non-hydrogen) atoms.